The zero-order valence-electron chi connectivity index (χ0n) is 19.6. The Bertz CT molecular complexity index is 1580. The molecular weight excluding hydrogens is 467 g/mol. The minimum absolute atomic E-state index is 0.0427. The summed E-state index contributed by atoms with van der Waals surface area (Å²) in [5, 5.41) is 9.26. The van der Waals surface area contributed by atoms with Crippen molar-refractivity contribution >= 4 is 28.3 Å². The third-order valence-corrected chi connectivity index (χ3v) is 6.72. The number of benzene rings is 3. The number of nitrogens with two attached hydrogens (primary N) is 1. The number of hydrogen-bond donors (Lipinski definition) is 1. The Morgan fingerprint density at radius 3 is 2.64 bits per heavy atom. The van der Waals surface area contributed by atoms with Crippen LogP contribution in [0.3, 0.4) is 0 Å². The molecule has 9 heteroatoms. The number of alkyl halides is 3. The highest BCUT2D eigenvalue weighted by molar-refractivity contribution is 6.08. The second kappa shape index (κ2) is 8.41. The normalized spacial score (nSPS) is 13.2. The Hall–Kier alpha value is -4.32. The van der Waals surface area contributed by atoms with Gasteiger partial charge in [-0.25, -0.2) is 4.98 Å². The summed E-state index contributed by atoms with van der Waals surface area (Å²) in [6, 6.07) is 14.1. The summed E-state index contributed by atoms with van der Waals surface area (Å²) >= 11 is 0. The number of aryl methyl sites for hydroxylation is 2. The first-order valence-corrected chi connectivity index (χ1v) is 11.4. The van der Waals surface area contributed by atoms with Crippen LogP contribution in [-0.2, 0) is 26.1 Å². The molecule has 36 heavy (non-hydrogen) atoms. The maximum absolute atomic E-state index is 14.2. The van der Waals surface area contributed by atoms with Crippen molar-refractivity contribution in [3.63, 3.8) is 0 Å². The molecule has 0 bridgehead atoms. The highest BCUT2D eigenvalue weighted by Crippen LogP contribution is 2.44. The molecule has 0 spiro atoms. The highest BCUT2D eigenvalue weighted by atomic mass is 19.4. The molecular formula is C27H22F3N5O. The Morgan fingerprint density at radius 1 is 1.17 bits per heavy atom. The van der Waals surface area contributed by atoms with E-state index in [9.17, 15) is 23.2 Å². The van der Waals surface area contributed by atoms with Crippen LogP contribution in [0.4, 0.5) is 24.5 Å². The summed E-state index contributed by atoms with van der Waals surface area (Å²) in [6.45, 7) is 2.22. The fourth-order valence-electron chi connectivity index (χ4n) is 4.90. The lowest BCUT2D eigenvalue weighted by atomic mass is 9.93. The number of carbonyl (C=O) groups excluding carboxylic acids is 1. The first kappa shape index (κ1) is 23.4. The van der Waals surface area contributed by atoms with Crippen molar-refractivity contribution in [3.05, 3.63) is 76.6 Å². The molecule has 4 aromatic rings. The number of nitriles is 1. The van der Waals surface area contributed by atoms with Crippen LogP contribution in [0.1, 0.15) is 39.8 Å². The Morgan fingerprint density at radius 2 is 1.94 bits per heavy atom. The number of nitrogens with zero attached hydrogens (tertiary/aromatic N) is 4. The number of hydrogen-bond acceptors (Lipinski definition) is 4. The fourth-order valence-corrected chi connectivity index (χ4v) is 4.90. The number of imidazole rings is 1. The molecule has 0 fully saturated rings. The molecule has 1 aliphatic heterocycles. The van der Waals surface area contributed by atoms with Crippen LogP contribution in [0.5, 0.6) is 0 Å². The lowest BCUT2D eigenvalue weighted by Gasteiger charge is -2.19. The van der Waals surface area contributed by atoms with Crippen molar-refractivity contribution in [3.8, 4) is 17.2 Å². The molecule has 1 amide bonds. The average Bonchev–Trinajstić information content (AvgIpc) is 3.43. The second-order valence-electron chi connectivity index (χ2n) is 8.75. The number of rotatable bonds is 3. The van der Waals surface area contributed by atoms with Crippen molar-refractivity contribution in [2.75, 3.05) is 17.2 Å². The number of anilines is 2. The van der Waals surface area contributed by atoms with Gasteiger partial charge in [0.1, 0.15) is 11.9 Å². The lowest BCUT2D eigenvalue weighted by Crippen LogP contribution is -2.28. The van der Waals surface area contributed by atoms with Crippen molar-refractivity contribution < 1.29 is 18.0 Å². The second-order valence-corrected chi connectivity index (χ2v) is 8.75. The molecule has 5 rings (SSSR count). The first-order valence-electron chi connectivity index (χ1n) is 11.4. The first-order chi connectivity index (χ1) is 17.1. The third kappa shape index (κ3) is 3.66. The molecule has 0 radical (unpaired) electrons. The molecule has 0 unspecified atom stereocenters. The minimum Gasteiger partial charge on any atom is -0.398 e. The van der Waals surface area contributed by atoms with Crippen LogP contribution in [-0.4, -0.2) is 22.0 Å². The van der Waals surface area contributed by atoms with E-state index < -0.39 is 11.7 Å². The number of fused-ring (bicyclic) bond motifs is 2. The van der Waals surface area contributed by atoms with Crippen LogP contribution in [0.25, 0.3) is 22.2 Å². The van der Waals surface area contributed by atoms with E-state index in [2.05, 4.69) is 4.98 Å². The van der Waals surface area contributed by atoms with Crippen molar-refractivity contribution in [1.82, 2.24) is 9.55 Å². The van der Waals surface area contributed by atoms with Crippen molar-refractivity contribution in [2.24, 2.45) is 7.05 Å². The van der Waals surface area contributed by atoms with Gasteiger partial charge in [0, 0.05) is 37.0 Å². The van der Waals surface area contributed by atoms with E-state index in [4.69, 9.17) is 5.73 Å². The van der Waals surface area contributed by atoms with Gasteiger partial charge in [-0.1, -0.05) is 19.1 Å². The Kier molecular flexibility index (Phi) is 5.47. The van der Waals surface area contributed by atoms with Gasteiger partial charge in [-0.05, 0) is 59.5 Å². The monoisotopic (exact) mass is 489 g/mol. The SMILES string of the molecule is CCc1nc2cc(-c3cccc4c3CCN4C(=O)c3ccc(N)c(C#N)c3)c(C(F)(F)F)cc2n1C. The van der Waals surface area contributed by atoms with E-state index in [1.54, 1.807) is 35.9 Å². The van der Waals surface area contributed by atoms with Gasteiger partial charge in [-0.3, -0.25) is 4.79 Å². The zero-order valence-corrected chi connectivity index (χ0v) is 19.6. The molecule has 0 aliphatic carbocycles. The van der Waals surface area contributed by atoms with Gasteiger partial charge >= 0.3 is 6.18 Å². The zero-order chi connectivity index (χ0) is 25.8. The van der Waals surface area contributed by atoms with Gasteiger partial charge in [0.05, 0.1) is 22.2 Å². The van der Waals surface area contributed by atoms with Crippen LogP contribution >= 0.6 is 0 Å². The van der Waals surface area contributed by atoms with Gasteiger partial charge in [0.15, 0.2) is 0 Å². The number of amides is 1. The molecule has 2 heterocycles. The van der Waals surface area contributed by atoms with Crippen molar-refractivity contribution in [1.29, 1.82) is 5.26 Å². The van der Waals surface area contributed by atoms with Crippen LogP contribution in [0.2, 0.25) is 0 Å². The molecule has 0 saturated carbocycles. The predicted octanol–water partition coefficient (Wildman–Crippen LogP) is 5.48. The quantitative estimate of drug-likeness (QED) is 0.386. The molecule has 0 saturated heterocycles. The van der Waals surface area contributed by atoms with Crippen LogP contribution in [0.15, 0.2) is 48.5 Å². The molecule has 6 nitrogen and oxygen atoms in total. The summed E-state index contributed by atoms with van der Waals surface area (Å²) in [6.07, 6.45) is -3.58. The molecule has 1 aliphatic rings. The lowest BCUT2D eigenvalue weighted by molar-refractivity contribution is -0.137. The third-order valence-electron chi connectivity index (χ3n) is 6.72. The van der Waals surface area contributed by atoms with E-state index in [1.165, 1.54) is 23.1 Å². The number of halogens is 3. The van der Waals surface area contributed by atoms with E-state index in [1.807, 2.05) is 13.0 Å². The fraction of sp³-hybridized carbons (Fsp3) is 0.222. The molecule has 0 atom stereocenters. The minimum atomic E-state index is -4.57. The van der Waals surface area contributed by atoms with Gasteiger partial charge in [0.25, 0.3) is 5.91 Å². The van der Waals surface area contributed by atoms with E-state index >= 15 is 0 Å². The molecule has 1 aromatic heterocycles. The van der Waals surface area contributed by atoms with Gasteiger partial charge in [-0.2, -0.15) is 18.4 Å². The van der Waals surface area contributed by atoms with Crippen molar-refractivity contribution in [2.45, 2.75) is 25.9 Å². The molecule has 182 valence electrons. The van der Waals surface area contributed by atoms with Crippen LogP contribution < -0.4 is 10.6 Å². The standard InChI is InChI=1S/C27H22F3N5O/c1-3-25-33-22-12-19(20(27(28,29)30)13-24(22)34(25)2)17-5-4-6-23-18(17)9-10-35(23)26(36)15-7-8-21(32)16(11-15)14-31/h4-8,11-13H,3,9-10,32H2,1-2H3. The maximum atomic E-state index is 14.2. The topological polar surface area (TPSA) is 87.9 Å². The van der Waals surface area contributed by atoms with Gasteiger partial charge in [-0.15, -0.1) is 0 Å². The van der Waals surface area contributed by atoms with Gasteiger partial charge in [0.2, 0.25) is 0 Å². The number of nitrogen functional groups attached to an aromatic ring is 1. The largest absolute Gasteiger partial charge is 0.417 e. The molecule has 2 N–H and O–H groups in total. The number of aromatic nitrogens is 2. The van der Waals surface area contributed by atoms with Gasteiger partial charge < -0.3 is 15.2 Å². The Labute approximate surface area is 205 Å². The highest BCUT2D eigenvalue weighted by Gasteiger charge is 2.36. The van der Waals surface area contributed by atoms with Crippen LogP contribution in [0, 0.1) is 11.3 Å². The molecule has 3 aromatic carbocycles. The van der Waals surface area contributed by atoms with E-state index in [0.29, 0.717) is 53.1 Å². The maximum Gasteiger partial charge on any atom is 0.417 e. The predicted molar refractivity (Wildman–Crippen MR) is 131 cm³/mol. The summed E-state index contributed by atoms with van der Waals surface area (Å²) in [4.78, 5) is 19.4. The Balaban J connectivity index is 1.64. The van der Waals surface area contributed by atoms with E-state index in [0.717, 1.165) is 6.07 Å². The van der Waals surface area contributed by atoms with E-state index in [-0.39, 0.29) is 28.3 Å². The summed E-state index contributed by atoms with van der Waals surface area (Å²) in [5.41, 5.74) is 8.39. The average molecular weight is 490 g/mol. The summed E-state index contributed by atoms with van der Waals surface area (Å²) < 4.78 is 44.4. The summed E-state index contributed by atoms with van der Waals surface area (Å²) in [7, 11) is 1.71. The smallest absolute Gasteiger partial charge is 0.398 e. The summed E-state index contributed by atoms with van der Waals surface area (Å²) in [5.74, 6) is 0.358. The number of carbonyl (C=O) groups is 1.